The molecular weight excluding hydrogens is 231 g/mol. The fourth-order valence-electron chi connectivity index (χ4n) is 2.11. The zero-order chi connectivity index (χ0) is 10.2. The molecule has 1 nitrogen and oxygen atoms in total. The predicted molar refractivity (Wildman–Crippen MR) is 69.1 cm³/mol. The lowest BCUT2D eigenvalue weighted by Crippen LogP contribution is -2.03. The number of alkyl halides is 2. The minimum Gasteiger partial charge on any atom is -0.412 e. The van der Waals surface area contributed by atoms with E-state index < -0.39 is 0 Å². The Morgan fingerprint density at radius 3 is 0.933 bits per heavy atom. The average molecular weight is 255 g/mol. The van der Waals surface area contributed by atoms with Crippen LogP contribution in [0.2, 0.25) is 0 Å². The molecule has 0 atom stereocenters. The predicted octanol–water partition coefficient (Wildman–Crippen LogP) is 4.29. The molecular formula is C12H24Cl2O. The third-order valence-electron chi connectivity index (χ3n) is 3.07. The van der Waals surface area contributed by atoms with Crippen LogP contribution in [0.4, 0.5) is 0 Å². The van der Waals surface area contributed by atoms with Gasteiger partial charge < -0.3 is 5.48 Å². The maximum absolute atomic E-state index is 5.82. The van der Waals surface area contributed by atoms with Gasteiger partial charge in [0.2, 0.25) is 0 Å². The van der Waals surface area contributed by atoms with Crippen LogP contribution in [0.15, 0.2) is 0 Å². The van der Waals surface area contributed by atoms with Crippen molar-refractivity contribution < 1.29 is 5.48 Å². The van der Waals surface area contributed by atoms with Crippen molar-refractivity contribution in [3.63, 3.8) is 0 Å². The summed E-state index contributed by atoms with van der Waals surface area (Å²) in [5.74, 6) is 0. The molecule has 0 aromatic rings. The molecule has 0 spiro atoms. The first kappa shape index (κ1) is 15.5. The Labute approximate surface area is 104 Å². The second-order valence-corrected chi connectivity index (χ2v) is 5.71. The molecule has 2 fully saturated rings. The quantitative estimate of drug-likeness (QED) is 0.578. The van der Waals surface area contributed by atoms with Crippen LogP contribution in [0, 0.1) is 0 Å². The molecule has 92 valence electrons. The lowest BCUT2D eigenvalue weighted by molar-refractivity contribution is 0.511. The Bertz CT molecular complexity index is 114. The molecule has 2 rings (SSSR count). The van der Waals surface area contributed by atoms with E-state index >= 15 is 0 Å². The van der Waals surface area contributed by atoms with E-state index in [4.69, 9.17) is 23.2 Å². The Morgan fingerprint density at radius 2 is 0.800 bits per heavy atom. The van der Waals surface area contributed by atoms with Gasteiger partial charge in [0.1, 0.15) is 0 Å². The van der Waals surface area contributed by atoms with Crippen molar-refractivity contribution in [1.82, 2.24) is 0 Å². The van der Waals surface area contributed by atoms with Crippen molar-refractivity contribution in [3.05, 3.63) is 0 Å². The summed E-state index contributed by atoms with van der Waals surface area (Å²) < 4.78 is 0. The maximum Gasteiger partial charge on any atom is 0.0336 e. The maximum atomic E-state index is 5.82. The Balaban J connectivity index is 0.000000245. The lowest BCUT2D eigenvalue weighted by Gasteiger charge is -2.13. The zero-order valence-corrected chi connectivity index (χ0v) is 11.0. The molecule has 0 heterocycles. The first-order chi connectivity index (χ1) is 6.79. The highest BCUT2D eigenvalue weighted by molar-refractivity contribution is 6.20. The second kappa shape index (κ2) is 9.74. The first-order valence-corrected chi connectivity index (χ1v) is 6.94. The Kier molecular flexibility index (Phi) is 10.1. The van der Waals surface area contributed by atoms with E-state index in [-0.39, 0.29) is 5.48 Å². The van der Waals surface area contributed by atoms with Gasteiger partial charge in [-0.3, -0.25) is 0 Å². The van der Waals surface area contributed by atoms with Crippen molar-refractivity contribution in [3.8, 4) is 0 Å². The van der Waals surface area contributed by atoms with Crippen LogP contribution in [0.5, 0.6) is 0 Å². The first-order valence-electron chi connectivity index (χ1n) is 6.07. The Morgan fingerprint density at radius 1 is 0.533 bits per heavy atom. The summed E-state index contributed by atoms with van der Waals surface area (Å²) in [6, 6.07) is 0. The van der Waals surface area contributed by atoms with Crippen LogP contribution in [0.1, 0.15) is 64.2 Å². The van der Waals surface area contributed by atoms with E-state index in [0.29, 0.717) is 10.8 Å². The zero-order valence-electron chi connectivity index (χ0n) is 9.48. The highest BCUT2D eigenvalue weighted by Crippen LogP contribution is 2.22. The highest BCUT2D eigenvalue weighted by atomic mass is 35.5. The highest BCUT2D eigenvalue weighted by Gasteiger charge is 2.08. The van der Waals surface area contributed by atoms with Gasteiger partial charge in [0.15, 0.2) is 0 Å². The SMILES string of the molecule is ClC1CCCCC1.ClC1CCCCC1.O. The number of hydrogen-bond acceptors (Lipinski definition) is 0. The van der Waals surface area contributed by atoms with Gasteiger partial charge in [-0.2, -0.15) is 0 Å². The molecule has 0 unspecified atom stereocenters. The smallest absolute Gasteiger partial charge is 0.0336 e. The van der Waals surface area contributed by atoms with Crippen molar-refractivity contribution in [2.75, 3.05) is 0 Å². The molecule has 2 saturated carbocycles. The van der Waals surface area contributed by atoms with Crippen molar-refractivity contribution in [1.29, 1.82) is 0 Å². The van der Waals surface area contributed by atoms with E-state index in [9.17, 15) is 0 Å². The topological polar surface area (TPSA) is 31.5 Å². The van der Waals surface area contributed by atoms with Gasteiger partial charge in [0.05, 0.1) is 0 Å². The van der Waals surface area contributed by atoms with Crippen LogP contribution in [-0.4, -0.2) is 16.2 Å². The molecule has 0 aromatic heterocycles. The summed E-state index contributed by atoms with van der Waals surface area (Å²) in [6.45, 7) is 0. The van der Waals surface area contributed by atoms with E-state index in [0.717, 1.165) is 0 Å². The van der Waals surface area contributed by atoms with Crippen LogP contribution in [0.25, 0.3) is 0 Å². The van der Waals surface area contributed by atoms with Crippen molar-refractivity contribution in [2.24, 2.45) is 0 Å². The Hall–Kier alpha value is 0.540. The molecule has 0 amide bonds. The lowest BCUT2D eigenvalue weighted by atomic mass is 10.0. The molecule has 2 aliphatic rings. The molecule has 0 aliphatic heterocycles. The molecule has 2 N–H and O–H groups in total. The third-order valence-corrected chi connectivity index (χ3v) is 3.94. The molecule has 3 heteroatoms. The molecule has 0 saturated heterocycles. The molecule has 0 radical (unpaired) electrons. The van der Waals surface area contributed by atoms with Crippen LogP contribution in [-0.2, 0) is 0 Å². The van der Waals surface area contributed by atoms with Crippen molar-refractivity contribution >= 4 is 23.2 Å². The van der Waals surface area contributed by atoms with Gasteiger partial charge in [-0.15, -0.1) is 23.2 Å². The molecule has 0 aromatic carbocycles. The van der Waals surface area contributed by atoms with E-state index in [2.05, 4.69) is 0 Å². The van der Waals surface area contributed by atoms with Gasteiger partial charge in [0, 0.05) is 10.8 Å². The van der Waals surface area contributed by atoms with Crippen molar-refractivity contribution in [2.45, 2.75) is 75.0 Å². The summed E-state index contributed by atoms with van der Waals surface area (Å²) in [4.78, 5) is 0. The number of halogens is 2. The van der Waals surface area contributed by atoms with E-state index in [1.807, 2.05) is 0 Å². The van der Waals surface area contributed by atoms with E-state index in [1.165, 1.54) is 64.2 Å². The van der Waals surface area contributed by atoms with Gasteiger partial charge in [-0.1, -0.05) is 38.5 Å². The van der Waals surface area contributed by atoms with E-state index in [1.54, 1.807) is 0 Å². The fraction of sp³-hybridized carbons (Fsp3) is 1.00. The number of rotatable bonds is 0. The minimum absolute atomic E-state index is 0. The third kappa shape index (κ3) is 8.36. The van der Waals surface area contributed by atoms with Gasteiger partial charge >= 0.3 is 0 Å². The summed E-state index contributed by atoms with van der Waals surface area (Å²) in [5, 5.41) is 1.02. The standard InChI is InChI=1S/2C6H11Cl.H2O/c2*7-6-4-2-1-3-5-6;/h2*6H,1-5H2;1H2. The monoisotopic (exact) mass is 254 g/mol. The summed E-state index contributed by atoms with van der Waals surface area (Å²) >= 11 is 11.6. The molecule has 0 bridgehead atoms. The summed E-state index contributed by atoms with van der Waals surface area (Å²) in [5.41, 5.74) is 0. The molecule has 2 aliphatic carbocycles. The number of hydrogen-bond donors (Lipinski definition) is 0. The van der Waals surface area contributed by atoms with Gasteiger partial charge in [-0.25, -0.2) is 0 Å². The summed E-state index contributed by atoms with van der Waals surface area (Å²) in [7, 11) is 0. The van der Waals surface area contributed by atoms with Gasteiger partial charge in [-0.05, 0) is 25.7 Å². The van der Waals surface area contributed by atoms with Crippen LogP contribution in [0.3, 0.4) is 0 Å². The molecule has 15 heavy (non-hydrogen) atoms. The summed E-state index contributed by atoms with van der Waals surface area (Å²) in [6.07, 6.45) is 13.2. The fourth-order valence-corrected chi connectivity index (χ4v) is 2.72. The van der Waals surface area contributed by atoms with Gasteiger partial charge in [0.25, 0.3) is 0 Å². The minimum atomic E-state index is 0. The average Bonchev–Trinajstić information content (AvgIpc) is 2.21. The van der Waals surface area contributed by atoms with Crippen LogP contribution < -0.4 is 0 Å². The van der Waals surface area contributed by atoms with Crippen LogP contribution >= 0.6 is 23.2 Å². The second-order valence-electron chi connectivity index (χ2n) is 4.47. The normalized spacial score (nSPS) is 23.6. The largest absolute Gasteiger partial charge is 0.412 e.